The zero-order chi connectivity index (χ0) is 12.7. The maximum absolute atomic E-state index is 5.44. The molecule has 1 aromatic heterocycles. The van der Waals surface area contributed by atoms with Gasteiger partial charge in [0, 0.05) is 30.2 Å². The molecule has 1 aromatic carbocycles. The first kappa shape index (κ1) is 11.4. The molecular weight excluding hydrogens is 228 g/mol. The van der Waals surface area contributed by atoms with Crippen LogP contribution in [0.5, 0.6) is 11.5 Å². The van der Waals surface area contributed by atoms with Crippen molar-refractivity contribution in [2.24, 2.45) is 0 Å². The average Bonchev–Trinajstić information content (AvgIpc) is 2.93. The van der Waals surface area contributed by atoms with Gasteiger partial charge >= 0.3 is 0 Å². The molecule has 0 amide bonds. The first-order valence-electron chi connectivity index (χ1n) is 6.20. The van der Waals surface area contributed by atoms with E-state index in [-0.39, 0.29) is 0 Å². The van der Waals surface area contributed by atoms with E-state index in [2.05, 4.69) is 54.9 Å². The summed E-state index contributed by atoms with van der Waals surface area (Å²) in [5.41, 5.74) is 1.20. The van der Waals surface area contributed by atoms with Gasteiger partial charge in [-0.25, -0.2) is 0 Å². The van der Waals surface area contributed by atoms with Crippen molar-refractivity contribution < 1.29 is 9.47 Å². The first-order valence-corrected chi connectivity index (χ1v) is 6.20. The van der Waals surface area contributed by atoms with Gasteiger partial charge in [-0.3, -0.25) is 0 Å². The molecule has 96 valence electrons. The smallest absolute Gasteiger partial charge is 0.231 e. The molecule has 0 spiro atoms. The van der Waals surface area contributed by atoms with Gasteiger partial charge in [-0.1, -0.05) is 0 Å². The van der Waals surface area contributed by atoms with Crippen LogP contribution in [-0.2, 0) is 6.54 Å². The quantitative estimate of drug-likeness (QED) is 0.831. The van der Waals surface area contributed by atoms with Crippen LogP contribution in [0.25, 0.3) is 10.9 Å². The van der Waals surface area contributed by atoms with Crippen LogP contribution in [0.1, 0.15) is 6.92 Å². The Labute approximate surface area is 107 Å². The fourth-order valence-electron chi connectivity index (χ4n) is 2.19. The van der Waals surface area contributed by atoms with E-state index in [0.717, 1.165) is 18.0 Å². The molecule has 0 saturated carbocycles. The minimum atomic E-state index is 0.329. The number of rotatable bonds is 3. The summed E-state index contributed by atoms with van der Waals surface area (Å²) in [5, 5.41) is 1.20. The van der Waals surface area contributed by atoms with Crippen LogP contribution in [0.4, 0.5) is 0 Å². The van der Waals surface area contributed by atoms with E-state index < -0.39 is 0 Å². The summed E-state index contributed by atoms with van der Waals surface area (Å²) >= 11 is 0. The van der Waals surface area contributed by atoms with Crippen LogP contribution in [0.2, 0.25) is 0 Å². The third-order valence-electron chi connectivity index (χ3n) is 3.61. The van der Waals surface area contributed by atoms with Crippen LogP contribution in [0, 0.1) is 0 Å². The summed E-state index contributed by atoms with van der Waals surface area (Å²) in [5.74, 6) is 1.70. The van der Waals surface area contributed by atoms with E-state index >= 15 is 0 Å². The Hall–Kier alpha value is -1.68. The van der Waals surface area contributed by atoms with Crippen LogP contribution < -0.4 is 9.47 Å². The number of benzene rings is 1. The third-order valence-corrected chi connectivity index (χ3v) is 3.61. The molecule has 2 aromatic rings. The van der Waals surface area contributed by atoms with Crippen molar-refractivity contribution in [3.8, 4) is 11.5 Å². The van der Waals surface area contributed by atoms with Crippen molar-refractivity contribution in [1.82, 2.24) is 9.47 Å². The molecule has 3 rings (SSSR count). The standard InChI is InChI=1S/C14H18N2O2/c1-10(15(2)3)8-16-5-4-11-6-13-14(7-12(11)16)18-9-17-13/h4-7,10H,8-9H2,1-3H3/t10-/m1/s1. The number of aromatic nitrogens is 1. The van der Waals surface area contributed by atoms with Gasteiger partial charge in [0.15, 0.2) is 11.5 Å². The van der Waals surface area contributed by atoms with Gasteiger partial charge in [0.05, 0.1) is 5.52 Å². The van der Waals surface area contributed by atoms with E-state index in [1.54, 1.807) is 0 Å². The molecule has 0 radical (unpaired) electrons. The van der Waals surface area contributed by atoms with E-state index in [1.165, 1.54) is 10.9 Å². The highest BCUT2D eigenvalue weighted by Gasteiger charge is 2.16. The van der Waals surface area contributed by atoms with Crippen LogP contribution in [0.15, 0.2) is 24.4 Å². The van der Waals surface area contributed by atoms with Gasteiger partial charge in [0.25, 0.3) is 0 Å². The van der Waals surface area contributed by atoms with Crippen LogP contribution in [-0.4, -0.2) is 36.4 Å². The summed E-state index contributed by atoms with van der Waals surface area (Å²) in [7, 11) is 4.20. The molecule has 18 heavy (non-hydrogen) atoms. The second-order valence-electron chi connectivity index (χ2n) is 5.05. The largest absolute Gasteiger partial charge is 0.454 e. The van der Waals surface area contributed by atoms with Gasteiger partial charge in [-0.05, 0) is 33.2 Å². The summed E-state index contributed by atoms with van der Waals surface area (Å²) in [6.07, 6.45) is 2.12. The molecule has 0 bridgehead atoms. The molecule has 1 atom stereocenters. The van der Waals surface area contributed by atoms with E-state index in [0.29, 0.717) is 12.8 Å². The van der Waals surface area contributed by atoms with E-state index in [1.807, 2.05) is 0 Å². The maximum Gasteiger partial charge on any atom is 0.231 e. The molecule has 1 aliphatic heterocycles. The van der Waals surface area contributed by atoms with Crippen molar-refractivity contribution in [2.45, 2.75) is 19.5 Å². The highest BCUT2D eigenvalue weighted by molar-refractivity contribution is 5.84. The van der Waals surface area contributed by atoms with Crippen LogP contribution >= 0.6 is 0 Å². The lowest BCUT2D eigenvalue weighted by Crippen LogP contribution is -2.28. The number of hydrogen-bond donors (Lipinski definition) is 0. The highest BCUT2D eigenvalue weighted by atomic mass is 16.7. The van der Waals surface area contributed by atoms with Crippen LogP contribution in [0.3, 0.4) is 0 Å². The van der Waals surface area contributed by atoms with Crippen molar-refractivity contribution >= 4 is 10.9 Å². The number of hydrogen-bond acceptors (Lipinski definition) is 3. The molecule has 0 N–H and O–H groups in total. The second-order valence-corrected chi connectivity index (χ2v) is 5.05. The Morgan fingerprint density at radius 2 is 2.00 bits per heavy atom. The number of likely N-dealkylation sites (N-methyl/N-ethyl adjacent to an activating group) is 1. The van der Waals surface area contributed by atoms with Crippen molar-refractivity contribution in [2.75, 3.05) is 20.9 Å². The van der Waals surface area contributed by atoms with Gasteiger partial charge < -0.3 is 18.9 Å². The summed E-state index contributed by atoms with van der Waals surface area (Å²) in [4.78, 5) is 2.22. The zero-order valence-electron chi connectivity index (χ0n) is 11.0. The first-order chi connectivity index (χ1) is 8.65. The highest BCUT2D eigenvalue weighted by Crippen LogP contribution is 2.36. The lowest BCUT2D eigenvalue weighted by atomic mass is 10.2. The maximum atomic E-state index is 5.44. The lowest BCUT2D eigenvalue weighted by Gasteiger charge is -2.20. The predicted octanol–water partition coefficient (Wildman–Crippen LogP) is 2.32. The van der Waals surface area contributed by atoms with E-state index in [4.69, 9.17) is 9.47 Å². The molecule has 0 fully saturated rings. The van der Waals surface area contributed by atoms with Crippen molar-refractivity contribution in [1.29, 1.82) is 0 Å². The third kappa shape index (κ3) is 1.82. The molecule has 4 heteroatoms. The Balaban J connectivity index is 1.98. The fraction of sp³-hybridized carbons (Fsp3) is 0.429. The summed E-state index contributed by atoms with van der Waals surface area (Å²) in [6, 6.07) is 6.74. The second kappa shape index (κ2) is 4.21. The Morgan fingerprint density at radius 3 is 2.72 bits per heavy atom. The molecular formula is C14H18N2O2. The predicted molar refractivity (Wildman–Crippen MR) is 71.2 cm³/mol. The topological polar surface area (TPSA) is 26.6 Å². The SMILES string of the molecule is C[C@H](Cn1ccc2cc3c(cc21)OCO3)N(C)C. The number of ether oxygens (including phenoxy) is 2. The van der Waals surface area contributed by atoms with E-state index in [9.17, 15) is 0 Å². The van der Waals surface area contributed by atoms with Gasteiger partial charge in [-0.15, -0.1) is 0 Å². The number of nitrogens with zero attached hydrogens (tertiary/aromatic N) is 2. The average molecular weight is 246 g/mol. The molecule has 0 saturated heterocycles. The molecule has 0 unspecified atom stereocenters. The summed E-state index contributed by atoms with van der Waals surface area (Å²) in [6.45, 7) is 3.52. The Bertz CT molecular complexity index is 574. The van der Waals surface area contributed by atoms with Gasteiger partial charge in [0.2, 0.25) is 6.79 Å². The van der Waals surface area contributed by atoms with Crippen molar-refractivity contribution in [3.05, 3.63) is 24.4 Å². The number of fused-ring (bicyclic) bond motifs is 2. The molecule has 4 nitrogen and oxygen atoms in total. The van der Waals surface area contributed by atoms with Gasteiger partial charge in [-0.2, -0.15) is 0 Å². The minimum absolute atomic E-state index is 0.329. The monoisotopic (exact) mass is 246 g/mol. The molecule has 2 heterocycles. The normalized spacial score (nSPS) is 15.6. The van der Waals surface area contributed by atoms with Crippen molar-refractivity contribution in [3.63, 3.8) is 0 Å². The molecule has 0 aliphatic carbocycles. The fourth-order valence-corrected chi connectivity index (χ4v) is 2.19. The summed E-state index contributed by atoms with van der Waals surface area (Å²) < 4.78 is 13.1. The zero-order valence-corrected chi connectivity index (χ0v) is 11.0. The lowest BCUT2D eigenvalue weighted by molar-refractivity contribution is 0.174. The Kier molecular flexibility index (Phi) is 2.67. The Morgan fingerprint density at radius 1 is 1.28 bits per heavy atom. The minimum Gasteiger partial charge on any atom is -0.454 e. The van der Waals surface area contributed by atoms with Gasteiger partial charge in [0.1, 0.15) is 0 Å². The molecule has 1 aliphatic rings.